The fourth-order valence-electron chi connectivity index (χ4n) is 3.51. The molecule has 1 aliphatic rings. The minimum absolute atomic E-state index is 0.00452. The SMILES string of the molecule is Cc1cc([C@@H](c2ccc(C(C)C(F)(F)F)cc2C(N)=O)C2CC2)ccc1F. The summed E-state index contributed by atoms with van der Waals surface area (Å²) >= 11 is 0. The number of carbonyl (C=O) groups is 1. The van der Waals surface area contributed by atoms with Crippen LogP contribution in [0, 0.1) is 18.7 Å². The Morgan fingerprint density at radius 3 is 2.26 bits per heavy atom. The number of halogens is 4. The summed E-state index contributed by atoms with van der Waals surface area (Å²) in [7, 11) is 0. The standard InChI is InChI=1S/C21H21F4NO/c1-11-9-15(6-8-18(11)22)19(13-3-4-13)16-7-5-14(10-17(16)20(26)27)12(2)21(23,24)25/h5-10,12-13,19H,3-4H2,1-2H3,(H2,26,27)/t12?,19-/m0/s1. The molecule has 0 saturated heterocycles. The average Bonchev–Trinajstić information content (AvgIpc) is 3.42. The molecule has 0 radical (unpaired) electrons. The fourth-order valence-corrected chi connectivity index (χ4v) is 3.51. The van der Waals surface area contributed by atoms with E-state index in [1.165, 1.54) is 18.2 Å². The van der Waals surface area contributed by atoms with E-state index in [-0.39, 0.29) is 28.8 Å². The maximum atomic E-state index is 13.7. The molecule has 2 aromatic carbocycles. The van der Waals surface area contributed by atoms with Crippen LogP contribution in [0.25, 0.3) is 0 Å². The minimum atomic E-state index is -4.40. The normalized spacial score (nSPS) is 16.8. The third-order valence-corrected chi connectivity index (χ3v) is 5.30. The van der Waals surface area contributed by atoms with Crippen molar-refractivity contribution in [1.29, 1.82) is 0 Å². The largest absolute Gasteiger partial charge is 0.395 e. The molecule has 27 heavy (non-hydrogen) atoms. The lowest BCUT2D eigenvalue weighted by Gasteiger charge is -2.23. The van der Waals surface area contributed by atoms with E-state index in [1.54, 1.807) is 25.1 Å². The summed E-state index contributed by atoms with van der Waals surface area (Å²) in [6.07, 6.45) is -2.51. The zero-order chi connectivity index (χ0) is 19.9. The van der Waals surface area contributed by atoms with Gasteiger partial charge in [-0.15, -0.1) is 0 Å². The van der Waals surface area contributed by atoms with Crippen LogP contribution in [0.2, 0.25) is 0 Å². The molecule has 0 heterocycles. The van der Waals surface area contributed by atoms with Gasteiger partial charge in [-0.05, 0) is 67.0 Å². The van der Waals surface area contributed by atoms with Crippen LogP contribution in [0.5, 0.6) is 0 Å². The van der Waals surface area contributed by atoms with Gasteiger partial charge in [-0.1, -0.05) is 24.3 Å². The first-order valence-corrected chi connectivity index (χ1v) is 8.86. The molecule has 0 aromatic heterocycles. The van der Waals surface area contributed by atoms with Crippen LogP contribution >= 0.6 is 0 Å². The molecule has 6 heteroatoms. The topological polar surface area (TPSA) is 43.1 Å². The van der Waals surface area contributed by atoms with Crippen molar-refractivity contribution in [3.63, 3.8) is 0 Å². The van der Waals surface area contributed by atoms with Gasteiger partial charge in [0.2, 0.25) is 5.91 Å². The smallest absolute Gasteiger partial charge is 0.366 e. The number of rotatable bonds is 5. The van der Waals surface area contributed by atoms with E-state index < -0.39 is 18.0 Å². The summed E-state index contributed by atoms with van der Waals surface area (Å²) in [5.41, 5.74) is 7.54. The third kappa shape index (κ3) is 3.99. The Hall–Kier alpha value is -2.37. The van der Waals surface area contributed by atoms with Gasteiger partial charge in [0.05, 0.1) is 5.92 Å². The van der Waals surface area contributed by atoms with E-state index in [0.717, 1.165) is 25.3 Å². The summed E-state index contributed by atoms with van der Waals surface area (Å²) in [6, 6.07) is 9.01. The molecule has 0 spiro atoms. The average molecular weight is 379 g/mol. The Kier molecular flexibility index (Phi) is 5.02. The quantitative estimate of drug-likeness (QED) is 0.691. The van der Waals surface area contributed by atoms with Crippen LogP contribution in [0.1, 0.15) is 64.2 Å². The van der Waals surface area contributed by atoms with E-state index in [2.05, 4.69) is 0 Å². The molecular weight excluding hydrogens is 358 g/mol. The Bertz CT molecular complexity index is 871. The van der Waals surface area contributed by atoms with Gasteiger partial charge in [-0.3, -0.25) is 4.79 Å². The number of hydrogen-bond acceptors (Lipinski definition) is 1. The first-order chi connectivity index (χ1) is 12.6. The predicted molar refractivity (Wildman–Crippen MR) is 95.1 cm³/mol. The number of benzene rings is 2. The molecular formula is C21H21F4NO. The molecule has 0 bridgehead atoms. The fraction of sp³-hybridized carbons (Fsp3) is 0.381. The van der Waals surface area contributed by atoms with Crippen molar-refractivity contribution in [1.82, 2.24) is 0 Å². The molecule has 1 saturated carbocycles. The number of primary amides is 1. The number of amides is 1. The van der Waals surface area contributed by atoms with Crippen LogP contribution < -0.4 is 5.73 Å². The molecule has 1 amide bonds. The molecule has 144 valence electrons. The van der Waals surface area contributed by atoms with Crippen LogP contribution in [-0.4, -0.2) is 12.1 Å². The van der Waals surface area contributed by atoms with E-state index >= 15 is 0 Å². The maximum Gasteiger partial charge on any atom is 0.395 e. The molecule has 2 atom stereocenters. The van der Waals surface area contributed by atoms with Gasteiger partial charge in [-0.2, -0.15) is 13.2 Å². The van der Waals surface area contributed by atoms with E-state index in [0.29, 0.717) is 11.1 Å². The molecule has 3 rings (SSSR count). The summed E-state index contributed by atoms with van der Waals surface area (Å²) in [6.45, 7) is 2.72. The van der Waals surface area contributed by atoms with Crippen molar-refractivity contribution in [2.24, 2.45) is 11.7 Å². The van der Waals surface area contributed by atoms with E-state index in [1.807, 2.05) is 0 Å². The Morgan fingerprint density at radius 2 is 1.74 bits per heavy atom. The lowest BCUT2D eigenvalue weighted by atomic mass is 9.82. The van der Waals surface area contributed by atoms with Crippen molar-refractivity contribution in [2.45, 2.75) is 44.7 Å². The second kappa shape index (κ2) is 6.98. The number of hydrogen-bond donors (Lipinski definition) is 1. The molecule has 2 nitrogen and oxygen atoms in total. The van der Waals surface area contributed by atoms with Gasteiger partial charge < -0.3 is 5.73 Å². The molecule has 1 fully saturated rings. The maximum absolute atomic E-state index is 13.7. The first kappa shape index (κ1) is 19.4. The van der Waals surface area contributed by atoms with Crippen molar-refractivity contribution >= 4 is 5.91 Å². The lowest BCUT2D eigenvalue weighted by Crippen LogP contribution is -2.21. The number of carbonyl (C=O) groups excluding carboxylic acids is 1. The molecule has 2 N–H and O–H groups in total. The van der Waals surface area contributed by atoms with Crippen molar-refractivity contribution in [3.8, 4) is 0 Å². The summed E-state index contributed by atoms with van der Waals surface area (Å²) in [5.74, 6) is -2.71. The van der Waals surface area contributed by atoms with E-state index in [9.17, 15) is 22.4 Å². The molecule has 1 aliphatic carbocycles. The van der Waals surface area contributed by atoms with Crippen LogP contribution in [-0.2, 0) is 0 Å². The Balaban J connectivity index is 2.10. The lowest BCUT2D eigenvalue weighted by molar-refractivity contribution is -0.146. The van der Waals surface area contributed by atoms with Gasteiger partial charge in [0.1, 0.15) is 5.82 Å². The zero-order valence-electron chi connectivity index (χ0n) is 15.1. The second-order valence-corrected chi connectivity index (χ2v) is 7.30. The van der Waals surface area contributed by atoms with Crippen molar-refractivity contribution in [2.75, 3.05) is 0 Å². The highest BCUT2D eigenvalue weighted by atomic mass is 19.4. The van der Waals surface area contributed by atoms with Crippen LogP contribution in [0.3, 0.4) is 0 Å². The number of alkyl halides is 3. The molecule has 1 unspecified atom stereocenters. The summed E-state index contributed by atoms with van der Waals surface area (Å²) in [4.78, 5) is 12.0. The monoisotopic (exact) mass is 379 g/mol. The molecule has 0 aliphatic heterocycles. The van der Waals surface area contributed by atoms with Crippen LogP contribution in [0.15, 0.2) is 36.4 Å². The Morgan fingerprint density at radius 1 is 1.11 bits per heavy atom. The van der Waals surface area contributed by atoms with Gasteiger partial charge in [0, 0.05) is 11.5 Å². The predicted octanol–water partition coefficient (Wildman–Crippen LogP) is 5.44. The highest BCUT2D eigenvalue weighted by Gasteiger charge is 2.39. The minimum Gasteiger partial charge on any atom is -0.366 e. The van der Waals surface area contributed by atoms with Gasteiger partial charge in [-0.25, -0.2) is 4.39 Å². The Labute approximate surface area is 155 Å². The van der Waals surface area contributed by atoms with Gasteiger partial charge in [0.15, 0.2) is 0 Å². The highest BCUT2D eigenvalue weighted by Crippen LogP contribution is 2.48. The second-order valence-electron chi connectivity index (χ2n) is 7.30. The molecule has 2 aromatic rings. The first-order valence-electron chi connectivity index (χ1n) is 8.86. The number of nitrogens with two attached hydrogens (primary N) is 1. The van der Waals surface area contributed by atoms with Crippen molar-refractivity contribution < 1.29 is 22.4 Å². The van der Waals surface area contributed by atoms with Gasteiger partial charge in [0.25, 0.3) is 0 Å². The highest BCUT2D eigenvalue weighted by molar-refractivity contribution is 5.95. The van der Waals surface area contributed by atoms with Crippen molar-refractivity contribution in [3.05, 3.63) is 70.0 Å². The number of aryl methyl sites for hydroxylation is 1. The summed E-state index contributed by atoms with van der Waals surface area (Å²) in [5, 5.41) is 0. The zero-order valence-corrected chi connectivity index (χ0v) is 15.1. The van der Waals surface area contributed by atoms with Gasteiger partial charge >= 0.3 is 6.18 Å². The summed E-state index contributed by atoms with van der Waals surface area (Å²) < 4.78 is 52.8. The van der Waals surface area contributed by atoms with Crippen LogP contribution in [0.4, 0.5) is 17.6 Å². The van der Waals surface area contributed by atoms with E-state index in [4.69, 9.17) is 5.73 Å². The third-order valence-electron chi connectivity index (χ3n) is 5.30.